The van der Waals surface area contributed by atoms with E-state index in [4.69, 9.17) is 9.47 Å². The molecule has 1 saturated carbocycles. The lowest BCUT2D eigenvalue weighted by molar-refractivity contribution is -0.140. The van der Waals surface area contributed by atoms with Gasteiger partial charge in [-0.3, -0.25) is 4.79 Å². The fraction of sp³-hybridized carbons (Fsp3) is 0.345. The highest BCUT2D eigenvalue weighted by Crippen LogP contribution is 2.39. The molecule has 0 unspecified atom stereocenters. The van der Waals surface area contributed by atoms with E-state index in [0.717, 1.165) is 5.56 Å². The van der Waals surface area contributed by atoms with Gasteiger partial charge < -0.3 is 9.47 Å². The van der Waals surface area contributed by atoms with Crippen LogP contribution in [0, 0.1) is 36.1 Å². The molecule has 0 aromatic heterocycles. The third kappa shape index (κ3) is 5.46. The Hall–Kier alpha value is -3.19. The molecular formula is C29H28F4O3. The van der Waals surface area contributed by atoms with Crippen molar-refractivity contribution in [2.75, 3.05) is 6.61 Å². The first kappa shape index (κ1) is 25.9. The van der Waals surface area contributed by atoms with E-state index in [1.54, 1.807) is 37.3 Å². The average molecular weight is 501 g/mol. The van der Waals surface area contributed by atoms with Gasteiger partial charge in [-0.25, -0.2) is 13.2 Å². The van der Waals surface area contributed by atoms with E-state index in [2.05, 4.69) is 0 Å². The third-order valence-electron chi connectivity index (χ3n) is 6.77. The molecule has 0 bridgehead atoms. The van der Waals surface area contributed by atoms with Crippen molar-refractivity contribution in [2.45, 2.75) is 52.1 Å². The van der Waals surface area contributed by atoms with E-state index in [-0.39, 0.29) is 29.2 Å². The van der Waals surface area contributed by atoms with E-state index in [1.807, 2.05) is 6.92 Å². The second kappa shape index (κ2) is 11.2. The molecule has 1 fully saturated rings. The molecule has 36 heavy (non-hydrogen) atoms. The summed E-state index contributed by atoms with van der Waals surface area (Å²) in [6.07, 6.45) is 1.64. The van der Waals surface area contributed by atoms with Crippen molar-refractivity contribution in [1.82, 2.24) is 0 Å². The predicted octanol–water partition coefficient (Wildman–Crippen LogP) is 7.63. The zero-order chi connectivity index (χ0) is 25.8. The third-order valence-corrected chi connectivity index (χ3v) is 6.77. The number of hydrogen-bond donors (Lipinski definition) is 0. The maximum Gasteiger partial charge on any atom is 0.314 e. The lowest BCUT2D eigenvalue weighted by Gasteiger charge is -2.28. The molecule has 0 aliphatic heterocycles. The Balaban J connectivity index is 1.40. The van der Waals surface area contributed by atoms with E-state index in [0.29, 0.717) is 37.9 Å². The van der Waals surface area contributed by atoms with Gasteiger partial charge in [0.15, 0.2) is 23.2 Å². The summed E-state index contributed by atoms with van der Waals surface area (Å²) >= 11 is 0. The van der Waals surface area contributed by atoms with E-state index < -0.39 is 40.9 Å². The van der Waals surface area contributed by atoms with Crippen LogP contribution in [0.25, 0.3) is 11.1 Å². The van der Waals surface area contributed by atoms with Gasteiger partial charge in [-0.05, 0) is 68.7 Å². The van der Waals surface area contributed by atoms with Crippen LogP contribution in [-0.4, -0.2) is 12.6 Å². The van der Waals surface area contributed by atoms with E-state index in [1.165, 1.54) is 18.2 Å². The predicted molar refractivity (Wildman–Crippen MR) is 129 cm³/mol. The second-order valence-corrected chi connectivity index (χ2v) is 9.15. The van der Waals surface area contributed by atoms with Gasteiger partial charge in [0.25, 0.3) is 0 Å². The quantitative estimate of drug-likeness (QED) is 0.190. The SMILES string of the molecule is CCOCc1ccc(C2CCC(C(=O)Oc3ccc(-c4ccc(C)cc4)c(F)c3F)CC2)c(F)c1F. The standard InChI is InChI=1S/C29H28F4O3/c1-3-35-16-21-12-13-22(26(31)25(21)30)19-8-10-20(11-9-19)29(34)36-24-15-14-23(27(32)28(24)33)18-6-4-17(2)5-7-18/h4-7,12-15,19-20H,3,8-11,16H2,1-2H3. The number of benzene rings is 3. The monoisotopic (exact) mass is 500 g/mol. The molecule has 190 valence electrons. The van der Waals surface area contributed by atoms with Gasteiger partial charge in [0.05, 0.1) is 12.5 Å². The minimum absolute atomic E-state index is 0.00126. The van der Waals surface area contributed by atoms with Gasteiger partial charge >= 0.3 is 5.97 Å². The first-order valence-corrected chi connectivity index (χ1v) is 12.1. The highest BCUT2D eigenvalue weighted by atomic mass is 19.2. The van der Waals surface area contributed by atoms with Gasteiger partial charge in [-0.2, -0.15) is 4.39 Å². The highest BCUT2D eigenvalue weighted by Gasteiger charge is 2.31. The number of esters is 1. The number of halogens is 4. The maximum absolute atomic E-state index is 14.7. The molecule has 0 spiro atoms. The first-order valence-electron chi connectivity index (χ1n) is 12.1. The number of ether oxygens (including phenoxy) is 2. The molecule has 0 heterocycles. The van der Waals surface area contributed by atoms with Crippen LogP contribution in [-0.2, 0) is 16.1 Å². The summed E-state index contributed by atoms with van der Waals surface area (Å²) in [5, 5.41) is 0. The van der Waals surface area contributed by atoms with Gasteiger partial charge in [0, 0.05) is 17.7 Å². The Morgan fingerprint density at radius 1 is 0.833 bits per heavy atom. The average Bonchev–Trinajstić information content (AvgIpc) is 2.88. The summed E-state index contributed by atoms with van der Waals surface area (Å²) in [7, 11) is 0. The van der Waals surface area contributed by atoms with Crippen LogP contribution in [0.4, 0.5) is 17.6 Å². The minimum Gasteiger partial charge on any atom is -0.423 e. The molecular weight excluding hydrogens is 472 g/mol. The molecule has 0 radical (unpaired) electrons. The summed E-state index contributed by atoms with van der Waals surface area (Å²) in [5.41, 5.74) is 2.03. The molecule has 7 heteroatoms. The van der Waals surface area contributed by atoms with Gasteiger partial charge in [-0.1, -0.05) is 42.0 Å². The Labute approximate surface area is 208 Å². The Kier molecular flexibility index (Phi) is 8.09. The zero-order valence-electron chi connectivity index (χ0n) is 20.3. The lowest BCUT2D eigenvalue weighted by atomic mass is 9.78. The van der Waals surface area contributed by atoms with Crippen LogP contribution in [0.1, 0.15) is 55.2 Å². The Morgan fingerprint density at radius 3 is 2.19 bits per heavy atom. The minimum atomic E-state index is -1.22. The first-order chi connectivity index (χ1) is 17.3. The van der Waals surface area contributed by atoms with E-state index >= 15 is 0 Å². The van der Waals surface area contributed by atoms with Gasteiger partial charge in [0.1, 0.15) is 0 Å². The van der Waals surface area contributed by atoms with Crippen LogP contribution in [0.5, 0.6) is 5.75 Å². The maximum atomic E-state index is 14.7. The Bertz CT molecular complexity index is 1230. The molecule has 1 aliphatic carbocycles. The van der Waals surface area contributed by atoms with Crippen LogP contribution in [0.2, 0.25) is 0 Å². The van der Waals surface area contributed by atoms with Crippen molar-refractivity contribution in [3.05, 3.63) is 88.5 Å². The molecule has 0 atom stereocenters. The molecule has 3 aromatic carbocycles. The van der Waals surface area contributed by atoms with E-state index in [9.17, 15) is 22.4 Å². The van der Waals surface area contributed by atoms with Crippen molar-refractivity contribution in [3.8, 4) is 16.9 Å². The normalized spacial score (nSPS) is 17.7. The van der Waals surface area contributed by atoms with Crippen molar-refractivity contribution in [2.24, 2.45) is 5.92 Å². The summed E-state index contributed by atoms with van der Waals surface area (Å²) in [5.74, 6) is -6.00. The summed E-state index contributed by atoms with van der Waals surface area (Å²) in [6.45, 7) is 4.07. The van der Waals surface area contributed by atoms with Crippen LogP contribution in [0.3, 0.4) is 0 Å². The smallest absolute Gasteiger partial charge is 0.314 e. The summed E-state index contributed by atoms with van der Waals surface area (Å²) < 4.78 is 68.9. The highest BCUT2D eigenvalue weighted by molar-refractivity contribution is 5.76. The topological polar surface area (TPSA) is 35.5 Å². The van der Waals surface area contributed by atoms with Gasteiger partial charge in [-0.15, -0.1) is 0 Å². The number of carbonyl (C=O) groups excluding carboxylic acids is 1. The number of rotatable bonds is 7. The molecule has 3 aromatic rings. The van der Waals surface area contributed by atoms with Crippen molar-refractivity contribution in [1.29, 1.82) is 0 Å². The summed E-state index contributed by atoms with van der Waals surface area (Å²) in [6, 6.07) is 12.7. The lowest BCUT2D eigenvalue weighted by Crippen LogP contribution is -2.26. The fourth-order valence-corrected chi connectivity index (χ4v) is 4.64. The zero-order valence-corrected chi connectivity index (χ0v) is 20.3. The van der Waals surface area contributed by atoms with Gasteiger partial charge in [0.2, 0.25) is 5.82 Å². The molecule has 4 rings (SSSR count). The fourth-order valence-electron chi connectivity index (χ4n) is 4.64. The second-order valence-electron chi connectivity index (χ2n) is 9.15. The number of carbonyl (C=O) groups is 1. The van der Waals surface area contributed by atoms with Crippen molar-refractivity contribution in [3.63, 3.8) is 0 Å². The molecule has 0 saturated heterocycles. The largest absolute Gasteiger partial charge is 0.423 e. The Morgan fingerprint density at radius 2 is 1.53 bits per heavy atom. The van der Waals surface area contributed by atoms with Crippen molar-refractivity contribution < 1.29 is 31.8 Å². The van der Waals surface area contributed by atoms with Crippen LogP contribution < -0.4 is 4.74 Å². The van der Waals surface area contributed by atoms with Crippen molar-refractivity contribution >= 4 is 5.97 Å². The summed E-state index contributed by atoms with van der Waals surface area (Å²) in [4.78, 5) is 12.7. The molecule has 0 N–H and O–H groups in total. The molecule has 1 aliphatic rings. The van der Waals surface area contributed by atoms with Crippen LogP contribution >= 0.6 is 0 Å². The number of hydrogen-bond acceptors (Lipinski definition) is 3. The molecule has 3 nitrogen and oxygen atoms in total. The number of aryl methyl sites for hydroxylation is 1. The molecule has 0 amide bonds. The van der Waals surface area contributed by atoms with Crippen LogP contribution in [0.15, 0.2) is 48.5 Å².